The second kappa shape index (κ2) is 4.02. The maximum absolute atomic E-state index is 11.7. The Morgan fingerprint density at radius 2 is 2.24 bits per heavy atom. The van der Waals surface area contributed by atoms with Gasteiger partial charge < -0.3 is 14.8 Å². The van der Waals surface area contributed by atoms with Gasteiger partial charge in [0.15, 0.2) is 17.2 Å². The molecule has 0 unspecified atom stereocenters. The summed E-state index contributed by atoms with van der Waals surface area (Å²) in [7, 11) is 0. The first-order chi connectivity index (χ1) is 8.33. The van der Waals surface area contributed by atoms with Crippen molar-refractivity contribution in [1.82, 2.24) is 9.59 Å². The number of aromatic nitrogens is 2. The van der Waals surface area contributed by atoms with Gasteiger partial charge in [-0.25, -0.2) is 0 Å². The average molecular weight is 249 g/mol. The van der Waals surface area contributed by atoms with E-state index in [-0.39, 0.29) is 12.7 Å². The number of hydrogen-bond donors (Lipinski definition) is 1. The summed E-state index contributed by atoms with van der Waals surface area (Å²) < 4.78 is 14.0. The summed E-state index contributed by atoms with van der Waals surface area (Å²) in [6.07, 6.45) is 0. The second-order valence-corrected chi connectivity index (χ2v) is 3.92. The third-order valence-electron chi connectivity index (χ3n) is 2.22. The van der Waals surface area contributed by atoms with E-state index in [1.165, 1.54) is 0 Å². The van der Waals surface area contributed by atoms with Crippen molar-refractivity contribution in [3.8, 4) is 11.5 Å². The number of nitrogens with zero attached hydrogens (tertiary/aromatic N) is 2. The minimum Gasteiger partial charge on any atom is -0.454 e. The predicted molar refractivity (Wildman–Crippen MR) is 60.4 cm³/mol. The van der Waals surface area contributed by atoms with E-state index in [0.29, 0.717) is 22.9 Å². The number of ether oxygens (including phenoxy) is 2. The topological polar surface area (TPSA) is 73.3 Å². The molecular formula is C10H7N3O3S. The van der Waals surface area contributed by atoms with Gasteiger partial charge in [0.2, 0.25) is 6.79 Å². The van der Waals surface area contributed by atoms with Crippen molar-refractivity contribution in [2.45, 2.75) is 0 Å². The molecule has 0 atom stereocenters. The number of amides is 1. The first kappa shape index (κ1) is 10.0. The highest BCUT2D eigenvalue weighted by Gasteiger charge is 2.15. The Bertz CT molecular complexity index is 556. The Labute approximate surface area is 100 Å². The summed E-state index contributed by atoms with van der Waals surface area (Å²) in [4.78, 5) is 11.7. The van der Waals surface area contributed by atoms with E-state index in [2.05, 4.69) is 14.9 Å². The van der Waals surface area contributed by atoms with Crippen LogP contribution in [0.25, 0.3) is 0 Å². The summed E-state index contributed by atoms with van der Waals surface area (Å²) in [5.41, 5.74) is 0.930. The summed E-state index contributed by atoms with van der Waals surface area (Å²) in [6.45, 7) is 0.211. The first-order valence-electron chi connectivity index (χ1n) is 4.81. The van der Waals surface area contributed by atoms with Crippen molar-refractivity contribution in [3.63, 3.8) is 0 Å². The predicted octanol–water partition coefficient (Wildman–Crippen LogP) is 1.52. The molecule has 1 aliphatic heterocycles. The lowest BCUT2D eigenvalue weighted by Gasteiger charge is -2.03. The van der Waals surface area contributed by atoms with Crippen LogP contribution in [0.3, 0.4) is 0 Å². The molecule has 7 heteroatoms. The lowest BCUT2D eigenvalue weighted by atomic mass is 10.2. The van der Waals surface area contributed by atoms with E-state index in [4.69, 9.17) is 9.47 Å². The van der Waals surface area contributed by atoms with E-state index in [9.17, 15) is 4.79 Å². The third kappa shape index (κ3) is 1.92. The highest BCUT2D eigenvalue weighted by atomic mass is 32.1. The molecule has 2 heterocycles. The number of carbonyl (C=O) groups excluding carboxylic acids is 1. The van der Waals surface area contributed by atoms with Crippen LogP contribution in [-0.4, -0.2) is 22.3 Å². The van der Waals surface area contributed by atoms with E-state index in [1.54, 1.807) is 23.6 Å². The second-order valence-electron chi connectivity index (χ2n) is 3.31. The summed E-state index contributed by atoms with van der Waals surface area (Å²) in [5.74, 6) is 1.01. The SMILES string of the molecule is O=C(Nc1ccc2c(c1)OCO2)c1csnn1. The van der Waals surface area contributed by atoms with Gasteiger partial charge in [0.1, 0.15) is 0 Å². The molecule has 17 heavy (non-hydrogen) atoms. The van der Waals surface area contributed by atoms with Crippen LogP contribution in [0, 0.1) is 0 Å². The number of fused-ring (bicyclic) bond motifs is 1. The number of rotatable bonds is 2. The van der Waals surface area contributed by atoms with E-state index in [1.807, 2.05) is 0 Å². The lowest BCUT2D eigenvalue weighted by molar-refractivity contribution is 0.102. The van der Waals surface area contributed by atoms with Crippen LogP contribution in [0.1, 0.15) is 10.5 Å². The van der Waals surface area contributed by atoms with Crippen molar-refractivity contribution in [3.05, 3.63) is 29.3 Å². The van der Waals surface area contributed by atoms with Crippen LogP contribution in [-0.2, 0) is 0 Å². The molecule has 86 valence electrons. The molecule has 2 aromatic rings. The van der Waals surface area contributed by atoms with Gasteiger partial charge in [-0.05, 0) is 23.7 Å². The molecule has 0 saturated heterocycles. The van der Waals surface area contributed by atoms with Gasteiger partial charge in [0.05, 0.1) is 0 Å². The van der Waals surface area contributed by atoms with Gasteiger partial charge in [-0.2, -0.15) is 0 Å². The normalized spacial score (nSPS) is 12.5. The zero-order valence-electron chi connectivity index (χ0n) is 8.54. The highest BCUT2D eigenvalue weighted by molar-refractivity contribution is 7.03. The Balaban J connectivity index is 1.80. The van der Waals surface area contributed by atoms with Crippen molar-refractivity contribution >= 4 is 23.1 Å². The fourth-order valence-corrected chi connectivity index (χ4v) is 1.87. The first-order valence-corrected chi connectivity index (χ1v) is 5.64. The van der Waals surface area contributed by atoms with Gasteiger partial charge in [-0.3, -0.25) is 4.79 Å². The molecule has 0 bridgehead atoms. The fraction of sp³-hybridized carbons (Fsp3) is 0.100. The smallest absolute Gasteiger partial charge is 0.277 e. The number of anilines is 1. The maximum Gasteiger partial charge on any atom is 0.277 e. The standard InChI is InChI=1S/C10H7N3O3S/c14-10(7-4-17-13-12-7)11-6-1-2-8-9(3-6)16-5-15-8/h1-4H,5H2,(H,11,14). The Morgan fingerprint density at radius 3 is 3.06 bits per heavy atom. The molecule has 0 aliphatic carbocycles. The van der Waals surface area contributed by atoms with Crippen LogP contribution in [0.2, 0.25) is 0 Å². The van der Waals surface area contributed by atoms with Gasteiger partial charge >= 0.3 is 0 Å². The largest absolute Gasteiger partial charge is 0.454 e. The minimum absolute atomic E-state index is 0.211. The number of benzene rings is 1. The Kier molecular flexibility index (Phi) is 2.37. The molecule has 0 saturated carbocycles. The molecule has 1 aromatic carbocycles. The van der Waals surface area contributed by atoms with Crippen LogP contribution in [0.5, 0.6) is 11.5 Å². The van der Waals surface area contributed by atoms with Crippen molar-refractivity contribution in [2.75, 3.05) is 12.1 Å². The summed E-state index contributed by atoms with van der Waals surface area (Å²) >= 11 is 1.13. The van der Waals surface area contributed by atoms with Crippen LogP contribution >= 0.6 is 11.5 Å². The zero-order valence-corrected chi connectivity index (χ0v) is 9.36. The summed E-state index contributed by atoms with van der Waals surface area (Å²) in [6, 6.07) is 5.20. The molecule has 1 N–H and O–H groups in total. The molecule has 0 radical (unpaired) electrons. The molecular weight excluding hydrogens is 242 g/mol. The van der Waals surface area contributed by atoms with E-state index < -0.39 is 0 Å². The molecule has 3 rings (SSSR count). The Morgan fingerprint density at radius 1 is 1.35 bits per heavy atom. The number of nitrogens with one attached hydrogen (secondary N) is 1. The van der Waals surface area contributed by atoms with E-state index in [0.717, 1.165) is 11.5 Å². The van der Waals surface area contributed by atoms with Crippen LogP contribution in [0.4, 0.5) is 5.69 Å². The minimum atomic E-state index is -0.294. The van der Waals surface area contributed by atoms with Gasteiger partial charge in [-0.1, -0.05) is 4.49 Å². The van der Waals surface area contributed by atoms with Gasteiger partial charge in [-0.15, -0.1) is 5.10 Å². The Hall–Kier alpha value is -2.15. The van der Waals surface area contributed by atoms with Crippen molar-refractivity contribution < 1.29 is 14.3 Å². The fourth-order valence-electron chi connectivity index (χ4n) is 1.43. The zero-order chi connectivity index (χ0) is 11.7. The monoisotopic (exact) mass is 249 g/mol. The van der Waals surface area contributed by atoms with Gasteiger partial charge in [0, 0.05) is 17.1 Å². The molecule has 1 amide bonds. The van der Waals surface area contributed by atoms with Crippen LogP contribution in [0.15, 0.2) is 23.6 Å². The van der Waals surface area contributed by atoms with Gasteiger partial charge in [0.25, 0.3) is 5.91 Å². The molecule has 1 aromatic heterocycles. The third-order valence-corrected chi connectivity index (χ3v) is 2.73. The number of carbonyl (C=O) groups is 1. The van der Waals surface area contributed by atoms with Crippen LogP contribution < -0.4 is 14.8 Å². The van der Waals surface area contributed by atoms with Crippen molar-refractivity contribution in [2.24, 2.45) is 0 Å². The van der Waals surface area contributed by atoms with E-state index >= 15 is 0 Å². The molecule has 1 aliphatic rings. The molecule has 6 nitrogen and oxygen atoms in total. The summed E-state index contributed by atoms with van der Waals surface area (Å²) in [5, 5.41) is 7.97. The number of hydrogen-bond acceptors (Lipinski definition) is 6. The molecule has 0 spiro atoms. The van der Waals surface area contributed by atoms with Crippen molar-refractivity contribution in [1.29, 1.82) is 0 Å². The maximum atomic E-state index is 11.7. The quantitative estimate of drug-likeness (QED) is 0.873. The average Bonchev–Trinajstić information content (AvgIpc) is 2.99. The molecule has 0 fully saturated rings. The highest BCUT2D eigenvalue weighted by Crippen LogP contribution is 2.34. The lowest BCUT2D eigenvalue weighted by Crippen LogP contribution is -2.12.